The van der Waals surface area contributed by atoms with Crippen LogP contribution in [0.25, 0.3) is 0 Å². The summed E-state index contributed by atoms with van der Waals surface area (Å²) in [7, 11) is 0. The molecule has 1 aliphatic rings. The topological polar surface area (TPSA) is 42.0 Å². The van der Waals surface area contributed by atoms with Crippen molar-refractivity contribution in [3.05, 3.63) is 58.7 Å². The Kier molecular flexibility index (Phi) is 3.22. The fourth-order valence-electron chi connectivity index (χ4n) is 2.34. The number of nitrogens with zero attached hydrogens (tertiary/aromatic N) is 1. The maximum atomic E-state index is 12.5. The lowest BCUT2D eigenvalue weighted by molar-refractivity contribution is -0.118. The van der Waals surface area contributed by atoms with E-state index >= 15 is 0 Å². The molecular formula is C16H15ClN2O. The van der Waals surface area contributed by atoms with Crippen molar-refractivity contribution >= 4 is 23.3 Å². The summed E-state index contributed by atoms with van der Waals surface area (Å²) < 4.78 is 0. The Morgan fingerprint density at radius 3 is 2.70 bits per heavy atom. The van der Waals surface area contributed by atoms with Gasteiger partial charge in [0.2, 0.25) is 5.91 Å². The second-order valence-electron chi connectivity index (χ2n) is 5.27. The zero-order chi connectivity index (χ0) is 14.2. The average Bonchev–Trinajstić information content (AvgIpc) is 3.23. The van der Waals surface area contributed by atoms with Crippen LogP contribution in [-0.4, -0.2) is 10.9 Å². The van der Waals surface area contributed by atoms with E-state index in [1.807, 2.05) is 43.3 Å². The summed E-state index contributed by atoms with van der Waals surface area (Å²) in [6.07, 6.45) is 3.45. The normalized spacial score (nSPS) is 15.7. The van der Waals surface area contributed by atoms with E-state index in [2.05, 4.69) is 10.3 Å². The molecule has 1 fully saturated rings. The van der Waals surface area contributed by atoms with Crippen molar-refractivity contribution < 1.29 is 4.79 Å². The van der Waals surface area contributed by atoms with Gasteiger partial charge in [-0.15, -0.1) is 0 Å². The Morgan fingerprint density at radius 2 is 2.10 bits per heavy atom. The Balaban J connectivity index is 1.81. The number of hydrogen-bond acceptors (Lipinski definition) is 2. The first kappa shape index (κ1) is 13.1. The van der Waals surface area contributed by atoms with Crippen molar-refractivity contribution in [3.63, 3.8) is 0 Å². The molecule has 3 nitrogen and oxygen atoms in total. The van der Waals surface area contributed by atoms with Gasteiger partial charge in [0.15, 0.2) is 0 Å². The van der Waals surface area contributed by atoms with E-state index in [1.54, 1.807) is 6.20 Å². The van der Waals surface area contributed by atoms with E-state index in [-0.39, 0.29) is 5.91 Å². The Hall–Kier alpha value is -1.87. The van der Waals surface area contributed by atoms with E-state index in [4.69, 9.17) is 11.6 Å². The van der Waals surface area contributed by atoms with Gasteiger partial charge in [0, 0.05) is 11.2 Å². The van der Waals surface area contributed by atoms with Crippen LogP contribution in [0.15, 0.2) is 42.6 Å². The highest BCUT2D eigenvalue weighted by atomic mass is 35.5. The molecule has 0 bridgehead atoms. The molecule has 1 aromatic heterocycles. The molecule has 1 heterocycles. The summed E-state index contributed by atoms with van der Waals surface area (Å²) >= 11 is 6.02. The first-order valence-electron chi connectivity index (χ1n) is 6.60. The number of aromatic nitrogens is 1. The van der Waals surface area contributed by atoms with Gasteiger partial charge in [-0.2, -0.15) is 0 Å². The number of carbonyl (C=O) groups excluding carboxylic acids is 1. The Labute approximate surface area is 123 Å². The summed E-state index contributed by atoms with van der Waals surface area (Å²) in [5, 5.41) is 3.56. The minimum atomic E-state index is -0.433. The van der Waals surface area contributed by atoms with Gasteiger partial charge in [-0.1, -0.05) is 29.8 Å². The predicted molar refractivity (Wildman–Crippen MR) is 80.0 cm³/mol. The molecule has 4 heteroatoms. The Bertz CT molecular complexity index is 648. The number of hydrogen-bond donors (Lipinski definition) is 1. The number of halogens is 1. The zero-order valence-corrected chi connectivity index (χ0v) is 11.9. The van der Waals surface area contributed by atoms with Crippen LogP contribution in [0.4, 0.5) is 5.82 Å². The fourth-order valence-corrected chi connectivity index (χ4v) is 2.53. The van der Waals surface area contributed by atoms with Crippen LogP contribution in [0.2, 0.25) is 5.02 Å². The number of benzene rings is 1. The standard InChI is InChI=1S/C16H15ClN2O/c1-11-5-6-14(18-10-11)19-15(20)16(7-8-16)12-3-2-4-13(17)9-12/h2-6,9-10H,7-8H2,1H3,(H,18,19,20). The summed E-state index contributed by atoms with van der Waals surface area (Å²) in [6.45, 7) is 1.97. The van der Waals surface area contributed by atoms with Crippen molar-refractivity contribution in [1.82, 2.24) is 4.98 Å². The lowest BCUT2D eigenvalue weighted by atomic mass is 9.95. The van der Waals surface area contributed by atoms with Crippen molar-refractivity contribution in [2.45, 2.75) is 25.2 Å². The summed E-state index contributed by atoms with van der Waals surface area (Å²) in [6, 6.07) is 11.3. The quantitative estimate of drug-likeness (QED) is 0.934. The highest BCUT2D eigenvalue weighted by molar-refractivity contribution is 6.30. The lowest BCUT2D eigenvalue weighted by Gasteiger charge is -2.15. The molecule has 2 aromatic rings. The van der Waals surface area contributed by atoms with Gasteiger partial charge >= 0.3 is 0 Å². The van der Waals surface area contributed by atoms with E-state index in [0.717, 1.165) is 24.0 Å². The maximum Gasteiger partial charge on any atom is 0.236 e. The predicted octanol–water partition coefficient (Wildman–Crippen LogP) is 3.71. The SMILES string of the molecule is Cc1ccc(NC(=O)C2(c3cccc(Cl)c3)CC2)nc1. The third-order valence-electron chi connectivity index (χ3n) is 3.71. The van der Waals surface area contributed by atoms with E-state index in [9.17, 15) is 4.79 Å². The van der Waals surface area contributed by atoms with E-state index in [1.165, 1.54) is 0 Å². The van der Waals surface area contributed by atoms with Crippen LogP contribution in [0.3, 0.4) is 0 Å². The van der Waals surface area contributed by atoms with Crippen LogP contribution < -0.4 is 5.32 Å². The summed E-state index contributed by atoms with van der Waals surface area (Å²) in [5.41, 5.74) is 1.62. The fraction of sp³-hybridized carbons (Fsp3) is 0.250. The molecule has 0 unspecified atom stereocenters. The molecule has 3 rings (SSSR count). The Morgan fingerprint density at radius 1 is 1.30 bits per heavy atom. The number of nitrogens with one attached hydrogen (secondary N) is 1. The van der Waals surface area contributed by atoms with Crippen LogP contribution in [0.1, 0.15) is 24.0 Å². The molecule has 1 saturated carbocycles. The average molecular weight is 287 g/mol. The van der Waals surface area contributed by atoms with E-state index < -0.39 is 5.41 Å². The van der Waals surface area contributed by atoms with E-state index in [0.29, 0.717) is 10.8 Å². The first-order chi connectivity index (χ1) is 9.60. The smallest absolute Gasteiger partial charge is 0.236 e. The first-order valence-corrected chi connectivity index (χ1v) is 6.98. The number of pyridine rings is 1. The number of amides is 1. The third-order valence-corrected chi connectivity index (χ3v) is 3.95. The molecule has 0 saturated heterocycles. The molecule has 0 atom stereocenters. The molecule has 1 aromatic carbocycles. The summed E-state index contributed by atoms with van der Waals surface area (Å²) in [4.78, 5) is 16.7. The number of aryl methyl sites for hydroxylation is 1. The molecule has 1 N–H and O–H groups in total. The van der Waals surface area contributed by atoms with Crippen LogP contribution in [0, 0.1) is 6.92 Å². The van der Waals surface area contributed by atoms with Crippen LogP contribution in [-0.2, 0) is 10.2 Å². The maximum absolute atomic E-state index is 12.5. The van der Waals surface area contributed by atoms with Gasteiger partial charge < -0.3 is 5.32 Å². The van der Waals surface area contributed by atoms with Gasteiger partial charge in [0.1, 0.15) is 5.82 Å². The minimum Gasteiger partial charge on any atom is -0.310 e. The molecule has 0 radical (unpaired) electrons. The minimum absolute atomic E-state index is 0.00359. The highest BCUT2D eigenvalue weighted by Gasteiger charge is 2.51. The second kappa shape index (κ2) is 4.91. The number of anilines is 1. The van der Waals surface area contributed by atoms with Crippen molar-refractivity contribution in [1.29, 1.82) is 0 Å². The van der Waals surface area contributed by atoms with Crippen LogP contribution >= 0.6 is 11.6 Å². The highest BCUT2D eigenvalue weighted by Crippen LogP contribution is 2.49. The van der Waals surface area contributed by atoms with Crippen molar-refractivity contribution in [3.8, 4) is 0 Å². The van der Waals surface area contributed by atoms with Gasteiger partial charge in [-0.05, 0) is 49.1 Å². The molecule has 0 aliphatic heterocycles. The van der Waals surface area contributed by atoms with Crippen LogP contribution in [0.5, 0.6) is 0 Å². The monoisotopic (exact) mass is 286 g/mol. The molecular weight excluding hydrogens is 272 g/mol. The molecule has 1 aliphatic carbocycles. The van der Waals surface area contributed by atoms with Crippen molar-refractivity contribution in [2.75, 3.05) is 5.32 Å². The van der Waals surface area contributed by atoms with Gasteiger partial charge in [-0.25, -0.2) is 4.98 Å². The lowest BCUT2D eigenvalue weighted by Crippen LogP contribution is -2.28. The number of rotatable bonds is 3. The van der Waals surface area contributed by atoms with Gasteiger partial charge in [0.05, 0.1) is 5.41 Å². The zero-order valence-electron chi connectivity index (χ0n) is 11.2. The molecule has 102 valence electrons. The summed E-state index contributed by atoms with van der Waals surface area (Å²) in [5.74, 6) is 0.588. The third kappa shape index (κ3) is 2.41. The molecule has 1 amide bonds. The van der Waals surface area contributed by atoms with Gasteiger partial charge in [-0.3, -0.25) is 4.79 Å². The van der Waals surface area contributed by atoms with Crippen molar-refractivity contribution in [2.24, 2.45) is 0 Å². The second-order valence-corrected chi connectivity index (χ2v) is 5.70. The number of carbonyl (C=O) groups is 1. The van der Waals surface area contributed by atoms with Gasteiger partial charge in [0.25, 0.3) is 0 Å². The largest absolute Gasteiger partial charge is 0.310 e. The molecule has 0 spiro atoms. The molecule has 20 heavy (non-hydrogen) atoms.